The second-order valence-corrected chi connectivity index (χ2v) is 6.43. The lowest BCUT2D eigenvalue weighted by atomic mass is 9.96. The molecule has 2 aliphatic rings. The molecule has 2 atom stereocenters. The van der Waals surface area contributed by atoms with Crippen LogP contribution >= 0.6 is 11.8 Å². The number of thioether (sulfide) groups is 1. The molecule has 0 aromatic carbocycles. The highest BCUT2D eigenvalue weighted by atomic mass is 32.2. The van der Waals surface area contributed by atoms with Gasteiger partial charge in [0.1, 0.15) is 0 Å². The van der Waals surface area contributed by atoms with Crippen molar-refractivity contribution in [1.82, 2.24) is 0 Å². The van der Waals surface area contributed by atoms with Gasteiger partial charge in [0.25, 0.3) is 0 Å². The summed E-state index contributed by atoms with van der Waals surface area (Å²) in [5.74, 6) is 0. The van der Waals surface area contributed by atoms with E-state index in [-0.39, 0.29) is 0 Å². The molecule has 0 radical (unpaired) electrons. The summed E-state index contributed by atoms with van der Waals surface area (Å²) in [5.41, 5.74) is 6.18. The Morgan fingerprint density at radius 3 is 2.14 bits per heavy atom. The first-order valence-electron chi connectivity index (χ1n) is 6.27. The molecule has 2 rings (SSSR count). The molecule has 0 heterocycles. The van der Waals surface area contributed by atoms with E-state index >= 15 is 0 Å². The van der Waals surface area contributed by atoms with E-state index in [4.69, 9.17) is 5.73 Å². The van der Waals surface area contributed by atoms with Crippen molar-refractivity contribution in [3.8, 4) is 0 Å². The molecule has 0 saturated heterocycles. The Bertz CT molecular complexity index is 166. The second-order valence-electron chi connectivity index (χ2n) is 4.88. The summed E-state index contributed by atoms with van der Waals surface area (Å²) in [6.45, 7) is 0. The molecule has 2 fully saturated rings. The van der Waals surface area contributed by atoms with Crippen molar-refractivity contribution in [2.75, 3.05) is 0 Å². The van der Waals surface area contributed by atoms with E-state index in [0.29, 0.717) is 6.04 Å². The van der Waals surface area contributed by atoms with Crippen LogP contribution < -0.4 is 5.73 Å². The van der Waals surface area contributed by atoms with Gasteiger partial charge >= 0.3 is 0 Å². The van der Waals surface area contributed by atoms with Crippen LogP contribution in [0, 0.1) is 0 Å². The standard InChI is InChI=1S/C12H23NS/c13-11-8-4-5-9-12(11)14-10-6-2-1-3-7-10/h10-12H,1-9,13H2. The van der Waals surface area contributed by atoms with Gasteiger partial charge in [0.15, 0.2) is 0 Å². The fraction of sp³-hybridized carbons (Fsp3) is 1.00. The molecule has 0 amide bonds. The van der Waals surface area contributed by atoms with Crippen molar-refractivity contribution >= 4 is 11.8 Å². The van der Waals surface area contributed by atoms with E-state index in [9.17, 15) is 0 Å². The van der Waals surface area contributed by atoms with E-state index < -0.39 is 0 Å². The Kier molecular flexibility index (Phi) is 4.18. The van der Waals surface area contributed by atoms with Crippen LogP contribution in [0.15, 0.2) is 0 Å². The number of hydrogen-bond donors (Lipinski definition) is 1. The Morgan fingerprint density at radius 2 is 1.43 bits per heavy atom. The third-order valence-electron chi connectivity index (χ3n) is 3.67. The molecule has 2 saturated carbocycles. The van der Waals surface area contributed by atoms with Gasteiger partial charge < -0.3 is 5.73 Å². The summed E-state index contributed by atoms with van der Waals surface area (Å²) in [6.07, 6.45) is 12.7. The zero-order valence-electron chi connectivity index (χ0n) is 9.08. The first-order chi connectivity index (χ1) is 6.86. The predicted molar refractivity (Wildman–Crippen MR) is 64.7 cm³/mol. The van der Waals surface area contributed by atoms with Gasteiger partial charge in [0.05, 0.1) is 0 Å². The molecule has 1 nitrogen and oxygen atoms in total. The van der Waals surface area contributed by atoms with E-state index in [1.54, 1.807) is 0 Å². The van der Waals surface area contributed by atoms with Gasteiger partial charge in [-0.05, 0) is 25.7 Å². The van der Waals surface area contributed by atoms with Crippen LogP contribution in [0.2, 0.25) is 0 Å². The minimum Gasteiger partial charge on any atom is -0.327 e. The lowest BCUT2D eigenvalue weighted by molar-refractivity contribution is 0.447. The summed E-state index contributed by atoms with van der Waals surface area (Å²) >= 11 is 2.22. The molecule has 14 heavy (non-hydrogen) atoms. The molecule has 2 heteroatoms. The van der Waals surface area contributed by atoms with E-state index in [2.05, 4.69) is 11.8 Å². The zero-order chi connectivity index (χ0) is 9.80. The summed E-state index contributed by atoms with van der Waals surface area (Å²) in [7, 11) is 0. The van der Waals surface area contributed by atoms with Gasteiger partial charge in [-0.1, -0.05) is 32.1 Å². The minimum atomic E-state index is 0.496. The maximum atomic E-state index is 6.18. The maximum absolute atomic E-state index is 6.18. The Balaban J connectivity index is 1.76. The zero-order valence-corrected chi connectivity index (χ0v) is 9.90. The van der Waals surface area contributed by atoms with Crippen molar-refractivity contribution in [1.29, 1.82) is 0 Å². The predicted octanol–water partition coefficient (Wildman–Crippen LogP) is 3.32. The van der Waals surface area contributed by atoms with Crippen LogP contribution in [0.25, 0.3) is 0 Å². The molecule has 0 aromatic heterocycles. The van der Waals surface area contributed by atoms with E-state index in [1.807, 2.05) is 0 Å². The number of rotatable bonds is 2. The maximum Gasteiger partial charge on any atom is 0.0201 e. The normalized spacial score (nSPS) is 35.8. The van der Waals surface area contributed by atoms with Gasteiger partial charge in [-0.15, -0.1) is 0 Å². The second kappa shape index (κ2) is 5.41. The highest BCUT2D eigenvalue weighted by Crippen LogP contribution is 2.36. The number of hydrogen-bond acceptors (Lipinski definition) is 2. The molecule has 2 aliphatic carbocycles. The molecule has 82 valence electrons. The molecule has 2 unspecified atom stereocenters. The van der Waals surface area contributed by atoms with Crippen molar-refractivity contribution < 1.29 is 0 Å². The van der Waals surface area contributed by atoms with Crippen LogP contribution in [0.3, 0.4) is 0 Å². The van der Waals surface area contributed by atoms with Gasteiger partial charge in [0, 0.05) is 16.5 Å². The summed E-state index contributed by atoms with van der Waals surface area (Å²) in [5, 5.41) is 1.73. The van der Waals surface area contributed by atoms with Crippen LogP contribution in [-0.2, 0) is 0 Å². The molecule has 0 bridgehead atoms. The van der Waals surface area contributed by atoms with Gasteiger partial charge in [-0.2, -0.15) is 11.8 Å². The van der Waals surface area contributed by atoms with Gasteiger partial charge in [-0.3, -0.25) is 0 Å². The Labute approximate surface area is 92.2 Å². The molecule has 0 aromatic rings. The van der Waals surface area contributed by atoms with Gasteiger partial charge in [0.2, 0.25) is 0 Å². The SMILES string of the molecule is NC1CCCCC1SC1CCCCC1. The van der Waals surface area contributed by atoms with Gasteiger partial charge in [-0.25, -0.2) is 0 Å². The van der Waals surface area contributed by atoms with Crippen LogP contribution in [0.5, 0.6) is 0 Å². The molecular formula is C12H23NS. The van der Waals surface area contributed by atoms with E-state index in [1.165, 1.54) is 57.8 Å². The average molecular weight is 213 g/mol. The van der Waals surface area contributed by atoms with Crippen LogP contribution in [0.1, 0.15) is 57.8 Å². The lowest BCUT2D eigenvalue weighted by Crippen LogP contribution is -2.36. The van der Waals surface area contributed by atoms with Crippen molar-refractivity contribution in [2.24, 2.45) is 5.73 Å². The monoisotopic (exact) mass is 213 g/mol. The number of nitrogens with two attached hydrogens (primary N) is 1. The smallest absolute Gasteiger partial charge is 0.0201 e. The largest absolute Gasteiger partial charge is 0.327 e. The fourth-order valence-electron chi connectivity index (χ4n) is 2.74. The van der Waals surface area contributed by atoms with Crippen LogP contribution in [0.4, 0.5) is 0 Å². The summed E-state index contributed by atoms with van der Waals surface area (Å²) < 4.78 is 0. The minimum absolute atomic E-state index is 0.496. The van der Waals surface area contributed by atoms with E-state index in [0.717, 1.165) is 10.5 Å². The quantitative estimate of drug-likeness (QED) is 0.761. The average Bonchev–Trinajstić information content (AvgIpc) is 2.23. The molecule has 2 N–H and O–H groups in total. The summed E-state index contributed by atoms with van der Waals surface area (Å²) in [4.78, 5) is 0. The molecule has 0 spiro atoms. The third kappa shape index (κ3) is 2.90. The van der Waals surface area contributed by atoms with Crippen molar-refractivity contribution in [3.05, 3.63) is 0 Å². The first kappa shape index (κ1) is 10.8. The highest BCUT2D eigenvalue weighted by Gasteiger charge is 2.26. The first-order valence-corrected chi connectivity index (χ1v) is 7.21. The van der Waals surface area contributed by atoms with Crippen molar-refractivity contribution in [2.45, 2.75) is 74.3 Å². The highest BCUT2D eigenvalue weighted by molar-refractivity contribution is 8.00. The topological polar surface area (TPSA) is 26.0 Å². The Hall–Kier alpha value is 0.310. The Morgan fingerprint density at radius 1 is 0.786 bits per heavy atom. The fourth-order valence-corrected chi connectivity index (χ4v) is 4.48. The summed E-state index contributed by atoms with van der Waals surface area (Å²) in [6, 6.07) is 0.496. The van der Waals surface area contributed by atoms with Crippen LogP contribution in [-0.4, -0.2) is 16.5 Å². The molecule has 0 aliphatic heterocycles. The third-order valence-corrected chi connectivity index (χ3v) is 5.46. The van der Waals surface area contributed by atoms with Crippen molar-refractivity contribution in [3.63, 3.8) is 0 Å². The lowest BCUT2D eigenvalue weighted by Gasteiger charge is -2.32. The molecular weight excluding hydrogens is 190 g/mol.